The normalized spacial score (nSPS) is 13.7. The zero-order valence-corrected chi connectivity index (χ0v) is 14.9. The summed E-state index contributed by atoms with van der Waals surface area (Å²) in [4.78, 5) is 40.7. The first-order valence-electron chi connectivity index (χ1n) is 7.45. The molecule has 2 heterocycles. The number of imide groups is 1. The smallest absolute Gasteiger partial charge is 0.275 e. The van der Waals surface area contributed by atoms with Crippen LogP contribution in [0.4, 0.5) is 5.69 Å². The van der Waals surface area contributed by atoms with E-state index in [1.54, 1.807) is 29.6 Å². The number of nitrogens with two attached hydrogens (primary N) is 1. The highest BCUT2D eigenvalue weighted by Crippen LogP contribution is 2.18. The number of aromatic nitrogens is 1. The third-order valence-electron chi connectivity index (χ3n) is 3.67. The molecular weight excluding hydrogens is 364 g/mol. The molecule has 7 nitrogen and oxygen atoms in total. The van der Waals surface area contributed by atoms with Gasteiger partial charge in [-0.1, -0.05) is 12.1 Å². The van der Waals surface area contributed by atoms with Crippen LogP contribution < -0.4 is 11.1 Å². The van der Waals surface area contributed by atoms with Gasteiger partial charge in [-0.15, -0.1) is 23.7 Å². The Kier molecular flexibility index (Phi) is 6.24. The topological polar surface area (TPSA) is 105 Å². The molecule has 1 saturated heterocycles. The average Bonchev–Trinajstić information content (AvgIpc) is 3.18. The predicted molar refractivity (Wildman–Crippen MR) is 96.4 cm³/mol. The average molecular weight is 381 g/mol. The summed E-state index contributed by atoms with van der Waals surface area (Å²) in [6.07, 6.45) is 0.566. The summed E-state index contributed by atoms with van der Waals surface area (Å²) in [7, 11) is 0. The van der Waals surface area contributed by atoms with E-state index in [2.05, 4.69) is 10.3 Å². The first-order chi connectivity index (χ1) is 11.6. The number of benzene rings is 1. The molecule has 9 heteroatoms. The molecule has 3 N–H and O–H groups in total. The van der Waals surface area contributed by atoms with Crippen molar-refractivity contribution < 1.29 is 14.4 Å². The fourth-order valence-corrected chi connectivity index (χ4v) is 3.03. The van der Waals surface area contributed by atoms with Crippen LogP contribution in [-0.2, 0) is 22.7 Å². The number of hydrogen-bond donors (Lipinski definition) is 2. The standard InChI is InChI=1S/C16H16N4O3S.ClH/c17-7-13-19-12(9-24-13)16(23)18-11-3-1-10(2-4-11)8-20-14(21)5-6-15(20)22;/h1-4,9H,5-8,17H2,(H,18,23);1H. The van der Waals surface area contributed by atoms with Crippen LogP contribution in [0.15, 0.2) is 29.6 Å². The molecule has 132 valence electrons. The number of thiazole rings is 1. The maximum absolute atomic E-state index is 12.1. The highest BCUT2D eigenvalue weighted by Gasteiger charge is 2.28. The van der Waals surface area contributed by atoms with Gasteiger partial charge in [-0.2, -0.15) is 0 Å². The molecule has 3 amide bonds. The molecule has 0 radical (unpaired) electrons. The number of likely N-dealkylation sites (tertiary alicyclic amines) is 1. The Morgan fingerprint density at radius 2 is 1.84 bits per heavy atom. The van der Waals surface area contributed by atoms with E-state index in [0.29, 0.717) is 22.9 Å². The lowest BCUT2D eigenvalue weighted by atomic mass is 10.2. The lowest BCUT2D eigenvalue weighted by Gasteiger charge is -2.14. The fraction of sp³-hybridized carbons (Fsp3) is 0.250. The number of carbonyl (C=O) groups is 3. The highest BCUT2D eigenvalue weighted by molar-refractivity contribution is 7.09. The maximum atomic E-state index is 12.1. The molecule has 1 fully saturated rings. The summed E-state index contributed by atoms with van der Waals surface area (Å²) in [5, 5.41) is 5.12. The van der Waals surface area contributed by atoms with Crippen LogP contribution in [0.3, 0.4) is 0 Å². The van der Waals surface area contributed by atoms with E-state index in [4.69, 9.17) is 5.73 Å². The number of nitrogens with one attached hydrogen (secondary N) is 1. The second kappa shape index (κ2) is 8.19. The Morgan fingerprint density at radius 1 is 1.20 bits per heavy atom. The third-order valence-corrected chi connectivity index (χ3v) is 4.54. The molecule has 1 aliphatic heterocycles. The van der Waals surface area contributed by atoms with Gasteiger partial charge in [0.25, 0.3) is 5.91 Å². The van der Waals surface area contributed by atoms with E-state index < -0.39 is 0 Å². The quantitative estimate of drug-likeness (QED) is 0.771. The van der Waals surface area contributed by atoms with Gasteiger partial charge in [0.15, 0.2) is 0 Å². The van der Waals surface area contributed by atoms with E-state index in [1.807, 2.05) is 0 Å². The van der Waals surface area contributed by atoms with Crippen LogP contribution in [0, 0.1) is 0 Å². The van der Waals surface area contributed by atoms with Gasteiger partial charge in [0.05, 0.1) is 6.54 Å². The van der Waals surface area contributed by atoms with Crippen LogP contribution >= 0.6 is 23.7 Å². The van der Waals surface area contributed by atoms with Crippen LogP contribution in [0.5, 0.6) is 0 Å². The van der Waals surface area contributed by atoms with Crippen LogP contribution in [0.1, 0.15) is 33.9 Å². The van der Waals surface area contributed by atoms with Gasteiger partial charge >= 0.3 is 0 Å². The fourth-order valence-electron chi connectivity index (χ4n) is 2.38. The number of nitrogens with zero attached hydrogens (tertiary/aromatic N) is 2. The molecule has 25 heavy (non-hydrogen) atoms. The Hall–Kier alpha value is -2.29. The van der Waals surface area contributed by atoms with E-state index in [0.717, 1.165) is 5.56 Å². The summed E-state index contributed by atoms with van der Waals surface area (Å²) in [5.41, 5.74) is 7.26. The van der Waals surface area contributed by atoms with Crippen molar-refractivity contribution in [1.29, 1.82) is 0 Å². The Morgan fingerprint density at radius 3 is 2.40 bits per heavy atom. The van der Waals surface area contributed by atoms with Crippen molar-refractivity contribution >= 4 is 47.2 Å². The molecule has 2 aromatic rings. The summed E-state index contributed by atoms with van der Waals surface area (Å²) in [6.45, 7) is 0.568. The van der Waals surface area contributed by atoms with Crippen molar-refractivity contribution in [2.24, 2.45) is 5.73 Å². The number of anilines is 1. The summed E-state index contributed by atoms with van der Waals surface area (Å²) in [6, 6.07) is 7.02. The van der Waals surface area contributed by atoms with Crippen molar-refractivity contribution in [3.05, 3.63) is 45.9 Å². The Bertz CT molecular complexity index is 775. The Labute approximate surface area is 154 Å². The van der Waals surface area contributed by atoms with Gasteiger partial charge in [-0.3, -0.25) is 19.3 Å². The minimum atomic E-state index is -0.302. The van der Waals surface area contributed by atoms with E-state index >= 15 is 0 Å². The van der Waals surface area contributed by atoms with Gasteiger partial charge in [-0.25, -0.2) is 4.98 Å². The third kappa shape index (κ3) is 4.41. The molecule has 0 aliphatic carbocycles. The van der Waals surface area contributed by atoms with E-state index in [1.165, 1.54) is 16.2 Å². The Balaban J connectivity index is 0.00000225. The lowest BCUT2D eigenvalue weighted by Crippen LogP contribution is -2.28. The summed E-state index contributed by atoms with van der Waals surface area (Å²) >= 11 is 1.34. The zero-order chi connectivity index (χ0) is 17.1. The molecule has 0 spiro atoms. The molecule has 1 aliphatic rings. The second-order valence-electron chi connectivity index (χ2n) is 5.36. The first-order valence-corrected chi connectivity index (χ1v) is 8.33. The van der Waals surface area contributed by atoms with Crippen LogP contribution in [0.2, 0.25) is 0 Å². The number of rotatable bonds is 5. The lowest BCUT2D eigenvalue weighted by molar-refractivity contribution is -0.139. The SMILES string of the molecule is Cl.NCc1nc(C(=O)Nc2ccc(CN3C(=O)CCC3=O)cc2)cs1. The van der Waals surface area contributed by atoms with E-state index in [9.17, 15) is 14.4 Å². The zero-order valence-electron chi connectivity index (χ0n) is 13.2. The van der Waals surface area contributed by atoms with Gasteiger partial charge in [-0.05, 0) is 17.7 Å². The first kappa shape index (κ1) is 19.0. The van der Waals surface area contributed by atoms with Crippen molar-refractivity contribution in [2.75, 3.05) is 5.32 Å². The molecule has 1 aromatic carbocycles. The monoisotopic (exact) mass is 380 g/mol. The van der Waals surface area contributed by atoms with Gasteiger partial charge in [0.1, 0.15) is 10.7 Å². The predicted octanol–water partition coefficient (Wildman–Crippen LogP) is 1.92. The molecule has 0 saturated carbocycles. The minimum absolute atomic E-state index is 0. The van der Waals surface area contributed by atoms with Crippen molar-refractivity contribution in [3.63, 3.8) is 0 Å². The van der Waals surface area contributed by atoms with Crippen LogP contribution in [0.25, 0.3) is 0 Å². The highest BCUT2D eigenvalue weighted by atomic mass is 35.5. The second-order valence-corrected chi connectivity index (χ2v) is 6.30. The largest absolute Gasteiger partial charge is 0.325 e. The van der Waals surface area contributed by atoms with E-state index in [-0.39, 0.29) is 49.5 Å². The summed E-state index contributed by atoms with van der Waals surface area (Å²) < 4.78 is 0. The van der Waals surface area contributed by atoms with Gasteiger partial charge < -0.3 is 11.1 Å². The molecule has 0 bridgehead atoms. The van der Waals surface area contributed by atoms with Gasteiger partial charge in [0, 0.05) is 30.5 Å². The van der Waals surface area contributed by atoms with Crippen molar-refractivity contribution in [2.45, 2.75) is 25.9 Å². The molecular formula is C16H17ClN4O3S. The summed E-state index contributed by atoms with van der Waals surface area (Å²) in [5.74, 6) is -0.586. The van der Waals surface area contributed by atoms with Crippen LogP contribution in [-0.4, -0.2) is 27.6 Å². The van der Waals surface area contributed by atoms with Gasteiger partial charge in [0.2, 0.25) is 11.8 Å². The molecule has 3 rings (SSSR count). The number of amides is 3. The van der Waals surface area contributed by atoms with Crippen molar-refractivity contribution in [3.8, 4) is 0 Å². The van der Waals surface area contributed by atoms with Crippen molar-refractivity contribution in [1.82, 2.24) is 9.88 Å². The number of hydrogen-bond acceptors (Lipinski definition) is 6. The molecule has 0 unspecified atom stereocenters. The number of carbonyl (C=O) groups excluding carboxylic acids is 3. The number of halogens is 1. The minimum Gasteiger partial charge on any atom is -0.325 e. The maximum Gasteiger partial charge on any atom is 0.275 e. The molecule has 1 aromatic heterocycles. The molecule has 0 atom stereocenters.